The minimum atomic E-state index is 0.244. The van der Waals surface area contributed by atoms with Crippen LogP contribution < -0.4 is 0 Å². The van der Waals surface area contributed by atoms with E-state index in [1.807, 2.05) is 17.0 Å². The smallest absolute Gasteiger partial charge is 0.226 e. The molecule has 0 spiro atoms. The summed E-state index contributed by atoms with van der Waals surface area (Å²) in [4.78, 5) is 14.6. The highest BCUT2D eigenvalue weighted by Gasteiger charge is 2.30. The van der Waals surface area contributed by atoms with Gasteiger partial charge in [0.15, 0.2) is 0 Å². The number of amides is 1. The Kier molecular flexibility index (Phi) is 4.04. The summed E-state index contributed by atoms with van der Waals surface area (Å²) in [6.45, 7) is 3.63. The summed E-state index contributed by atoms with van der Waals surface area (Å²) in [5, 5.41) is 8.03. The van der Waals surface area contributed by atoms with E-state index in [0.717, 1.165) is 67.4 Å². The van der Waals surface area contributed by atoms with Gasteiger partial charge in [-0.3, -0.25) is 9.89 Å². The van der Waals surface area contributed by atoms with Crippen molar-refractivity contribution in [2.45, 2.75) is 25.7 Å². The van der Waals surface area contributed by atoms with E-state index >= 15 is 0 Å². The van der Waals surface area contributed by atoms with Gasteiger partial charge in [0.1, 0.15) is 0 Å². The molecule has 3 heterocycles. The second-order valence-electron chi connectivity index (χ2n) is 6.81. The topological polar surface area (TPSA) is 58.2 Å². The maximum Gasteiger partial charge on any atom is 0.226 e. The van der Waals surface area contributed by atoms with Crippen LogP contribution in [0.4, 0.5) is 0 Å². The van der Waals surface area contributed by atoms with E-state index in [-0.39, 0.29) is 5.91 Å². The number of nitrogens with zero attached hydrogens (tertiary/aromatic N) is 2. The average Bonchev–Trinajstić information content (AvgIpc) is 3.26. The number of likely N-dealkylation sites (tertiary alicyclic amines) is 1. The van der Waals surface area contributed by atoms with Crippen LogP contribution in [0.15, 0.2) is 24.4 Å². The van der Waals surface area contributed by atoms with Crippen LogP contribution in [0, 0.1) is 11.8 Å². The Labute approximate surface area is 136 Å². The normalized spacial score (nSPS) is 22.8. The number of nitrogens with one attached hydrogen (secondary N) is 1. The lowest BCUT2D eigenvalue weighted by molar-refractivity contribution is -0.132. The number of hydrogen-bond acceptors (Lipinski definition) is 3. The van der Waals surface area contributed by atoms with Gasteiger partial charge in [-0.2, -0.15) is 5.10 Å². The second kappa shape index (κ2) is 6.32. The molecule has 2 aromatic rings. The number of piperidine rings is 1. The lowest BCUT2D eigenvalue weighted by Gasteiger charge is -2.34. The predicted octanol–water partition coefficient (Wildman–Crippen LogP) is 2.38. The number of aromatic amines is 1. The first-order valence-corrected chi connectivity index (χ1v) is 8.57. The van der Waals surface area contributed by atoms with Crippen LogP contribution in [0.1, 0.15) is 24.8 Å². The van der Waals surface area contributed by atoms with E-state index in [4.69, 9.17) is 4.74 Å². The first-order valence-electron chi connectivity index (χ1n) is 8.57. The van der Waals surface area contributed by atoms with E-state index in [1.54, 1.807) is 6.20 Å². The molecule has 0 aliphatic carbocycles. The molecule has 0 radical (unpaired) electrons. The number of carbonyl (C=O) groups is 1. The van der Waals surface area contributed by atoms with Crippen LogP contribution in [0.3, 0.4) is 0 Å². The second-order valence-corrected chi connectivity index (χ2v) is 6.81. The molecule has 1 aromatic carbocycles. The monoisotopic (exact) mass is 313 g/mol. The molecule has 1 amide bonds. The van der Waals surface area contributed by atoms with Crippen LogP contribution in [-0.4, -0.2) is 47.3 Å². The van der Waals surface area contributed by atoms with Gasteiger partial charge in [-0.05, 0) is 48.8 Å². The van der Waals surface area contributed by atoms with Crippen molar-refractivity contribution in [1.82, 2.24) is 15.1 Å². The number of fused-ring (bicyclic) bond motifs is 1. The van der Waals surface area contributed by atoms with Crippen LogP contribution >= 0.6 is 0 Å². The fourth-order valence-corrected chi connectivity index (χ4v) is 3.93. The zero-order chi connectivity index (χ0) is 15.6. The Morgan fingerprint density at radius 3 is 2.91 bits per heavy atom. The molecule has 2 fully saturated rings. The van der Waals surface area contributed by atoms with Gasteiger partial charge in [-0.25, -0.2) is 0 Å². The molecule has 2 aliphatic heterocycles. The lowest BCUT2D eigenvalue weighted by Crippen LogP contribution is -2.40. The van der Waals surface area contributed by atoms with Crippen molar-refractivity contribution < 1.29 is 9.53 Å². The molecule has 5 nitrogen and oxygen atoms in total. The highest BCUT2D eigenvalue weighted by Crippen LogP contribution is 2.30. The van der Waals surface area contributed by atoms with Crippen molar-refractivity contribution in [2.75, 3.05) is 26.3 Å². The van der Waals surface area contributed by atoms with Crippen molar-refractivity contribution >= 4 is 16.8 Å². The standard InChI is InChI=1S/C18H23N3O2/c22-18(10-13-1-2-17-16(9-13)11-19-20-17)21-6-3-14(4-7-21)15-5-8-23-12-15/h1-2,9,11,14-15H,3-8,10,12H2,(H,19,20). The minimum Gasteiger partial charge on any atom is -0.381 e. The fourth-order valence-electron chi connectivity index (χ4n) is 3.93. The highest BCUT2D eigenvalue weighted by atomic mass is 16.5. The van der Waals surface area contributed by atoms with Crippen molar-refractivity contribution in [3.63, 3.8) is 0 Å². The first kappa shape index (κ1) is 14.7. The van der Waals surface area contributed by atoms with E-state index in [1.165, 1.54) is 6.42 Å². The zero-order valence-corrected chi connectivity index (χ0v) is 13.3. The minimum absolute atomic E-state index is 0.244. The molecule has 1 N–H and O–H groups in total. The maximum atomic E-state index is 12.5. The van der Waals surface area contributed by atoms with Crippen LogP contribution in [0.5, 0.6) is 0 Å². The van der Waals surface area contributed by atoms with Crippen molar-refractivity contribution in [3.05, 3.63) is 30.0 Å². The first-order chi connectivity index (χ1) is 11.3. The molecule has 1 unspecified atom stereocenters. The number of rotatable bonds is 3. The van der Waals surface area contributed by atoms with Crippen LogP contribution in [-0.2, 0) is 16.0 Å². The molecular weight excluding hydrogens is 290 g/mol. The van der Waals surface area contributed by atoms with Crippen LogP contribution in [0.2, 0.25) is 0 Å². The summed E-state index contributed by atoms with van der Waals surface area (Å²) in [5.74, 6) is 1.70. The van der Waals surface area contributed by atoms with E-state index < -0.39 is 0 Å². The Morgan fingerprint density at radius 1 is 1.26 bits per heavy atom. The third-order valence-electron chi connectivity index (χ3n) is 5.38. The number of benzene rings is 1. The number of aromatic nitrogens is 2. The molecule has 0 saturated carbocycles. The van der Waals surface area contributed by atoms with Gasteiger partial charge in [0.25, 0.3) is 0 Å². The molecule has 0 bridgehead atoms. The van der Waals surface area contributed by atoms with Gasteiger partial charge < -0.3 is 9.64 Å². The summed E-state index contributed by atoms with van der Waals surface area (Å²) >= 11 is 0. The molecular formula is C18H23N3O2. The van der Waals surface area contributed by atoms with Gasteiger partial charge in [0.2, 0.25) is 5.91 Å². The van der Waals surface area contributed by atoms with Crippen molar-refractivity contribution in [1.29, 1.82) is 0 Å². The third-order valence-corrected chi connectivity index (χ3v) is 5.38. The fraction of sp³-hybridized carbons (Fsp3) is 0.556. The number of H-pyrrole nitrogens is 1. The zero-order valence-electron chi connectivity index (χ0n) is 13.3. The molecule has 2 saturated heterocycles. The predicted molar refractivity (Wildman–Crippen MR) is 88.0 cm³/mol. The average molecular weight is 313 g/mol. The summed E-state index contributed by atoms with van der Waals surface area (Å²) in [5.41, 5.74) is 2.08. The summed E-state index contributed by atoms with van der Waals surface area (Å²) in [6.07, 6.45) is 5.74. The molecule has 1 aromatic heterocycles. The molecule has 2 aliphatic rings. The Morgan fingerprint density at radius 2 is 2.13 bits per heavy atom. The van der Waals surface area contributed by atoms with Gasteiger partial charge in [-0.15, -0.1) is 0 Å². The summed E-state index contributed by atoms with van der Waals surface area (Å²) in [6, 6.07) is 6.07. The quantitative estimate of drug-likeness (QED) is 0.946. The maximum absolute atomic E-state index is 12.5. The summed E-state index contributed by atoms with van der Waals surface area (Å²) < 4.78 is 5.50. The van der Waals surface area contributed by atoms with Gasteiger partial charge in [0.05, 0.1) is 18.1 Å². The molecule has 4 rings (SSSR count). The molecule has 5 heteroatoms. The highest BCUT2D eigenvalue weighted by molar-refractivity contribution is 5.83. The van der Waals surface area contributed by atoms with E-state index in [2.05, 4.69) is 16.3 Å². The Balaban J connectivity index is 1.34. The van der Waals surface area contributed by atoms with E-state index in [0.29, 0.717) is 6.42 Å². The largest absolute Gasteiger partial charge is 0.381 e. The SMILES string of the molecule is O=C(Cc1ccc2[nH]ncc2c1)N1CCC(C2CCOC2)CC1. The molecule has 23 heavy (non-hydrogen) atoms. The third kappa shape index (κ3) is 3.11. The Bertz CT molecular complexity index is 682. The number of ether oxygens (including phenoxy) is 1. The van der Waals surface area contributed by atoms with Gasteiger partial charge in [0, 0.05) is 31.7 Å². The molecule has 122 valence electrons. The van der Waals surface area contributed by atoms with Gasteiger partial charge in [-0.1, -0.05) is 6.07 Å². The van der Waals surface area contributed by atoms with Crippen LogP contribution in [0.25, 0.3) is 10.9 Å². The van der Waals surface area contributed by atoms with Crippen molar-refractivity contribution in [3.8, 4) is 0 Å². The number of hydrogen-bond donors (Lipinski definition) is 1. The Hall–Kier alpha value is -1.88. The summed E-state index contributed by atoms with van der Waals surface area (Å²) in [7, 11) is 0. The van der Waals surface area contributed by atoms with Gasteiger partial charge >= 0.3 is 0 Å². The van der Waals surface area contributed by atoms with Crippen molar-refractivity contribution in [2.24, 2.45) is 11.8 Å². The number of carbonyl (C=O) groups excluding carboxylic acids is 1. The molecule has 1 atom stereocenters. The lowest BCUT2D eigenvalue weighted by atomic mass is 9.84. The van der Waals surface area contributed by atoms with E-state index in [9.17, 15) is 4.79 Å².